The van der Waals surface area contributed by atoms with E-state index in [0.29, 0.717) is 17.5 Å². The standard InChI is InChI=1S/C30H43N3O2S/c1-4-7-19-32(20-8-5-2)25(34)22-36-29-31-27-24-15-11-10-14-23(24)21-30(16-12-9-13-17-30)26(27)28(35)33(29)18-6-3/h10-11,14-15H,4-9,12-13,16-22H2,1-3H3. The third-order valence-corrected chi connectivity index (χ3v) is 8.93. The fraction of sp³-hybridized carbons (Fsp3) is 0.633. The highest BCUT2D eigenvalue weighted by Gasteiger charge is 2.43. The highest BCUT2D eigenvalue weighted by atomic mass is 32.2. The normalized spacial score (nSPS) is 16.0. The van der Waals surface area contributed by atoms with Crippen LogP contribution in [0.15, 0.2) is 34.2 Å². The van der Waals surface area contributed by atoms with Gasteiger partial charge in [-0.25, -0.2) is 4.98 Å². The monoisotopic (exact) mass is 509 g/mol. The number of fused-ring (bicyclic) bond motifs is 4. The molecule has 196 valence electrons. The predicted molar refractivity (Wildman–Crippen MR) is 150 cm³/mol. The van der Waals surface area contributed by atoms with E-state index < -0.39 is 0 Å². The molecule has 0 bridgehead atoms. The van der Waals surface area contributed by atoms with Crippen molar-refractivity contribution in [3.63, 3.8) is 0 Å². The molecule has 0 radical (unpaired) electrons. The highest BCUT2D eigenvalue weighted by Crippen LogP contribution is 2.48. The lowest BCUT2D eigenvalue weighted by molar-refractivity contribution is -0.128. The van der Waals surface area contributed by atoms with E-state index >= 15 is 0 Å². The van der Waals surface area contributed by atoms with Gasteiger partial charge in [0.05, 0.1) is 17.0 Å². The summed E-state index contributed by atoms with van der Waals surface area (Å²) in [5.74, 6) is 0.482. The highest BCUT2D eigenvalue weighted by molar-refractivity contribution is 7.99. The molecular formula is C30H43N3O2S. The lowest BCUT2D eigenvalue weighted by Crippen LogP contribution is -2.43. The molecular weight excluding hydrogens is 466 g/mol. The molecule has 0 saturated heterocycles. The van der Waals surface area contributed by atoms with Crippen LogP contribution in [0.5, 0.6) is 0 Å². The van der Waals surface area contributed by atoms with Crippen molar-refractivity contribution in [2.45, 2.75) is 109 Å². The van der Waals surface area contributed by atoms with Crippen LogP contribution in [-0.2, 0) is 23.2 Å². The first-order valence-corrected chi connectivity index (χ1v) is 15.2. The van der Waals surface area contributed by atoms with Crippen LogP contribution in [0.4, 0.5) is 0 Å². The Morgan fingerprint density at radius 1 is 1.03 bits per heavy atom. The van der Waals surface area contributed by atoms with Gasteiger partial charge in [-0.1, -0.05) is 88.9 Å². The number of carbonyl (C=O) groups is 1. The number of benzene rings is 1. The lowest BCUT2D eigenvalue weighted by atomic mass is 9.62. The number of hydrogen-bond acceptors (Lipinski definition) is 4. The first-order chi connectivity index (χ1) is 17.5. The van der Waals surface area contributed by atoms with Gasteiger partial charge in [0.15, 0.2) is 5.16 Å². The Morgan fingerprint density at radius 2 is 1.72 bits per heavy atom. The topological polar surface area (TPSA) is 55.2 Å². The Hall–Kier alpha value is -2.08. The quantitative estimate of drug-likeness (QED) is 0.253. The summed E-state index contributed by atoms with van der Waals surface area (Å²) in [5.41, 5.74) is 4.26. The van der Waals surface area contributed by atoms with Crippen LogP contribution in [0.3, 0.4) is 0 Å². The van der Waals surface area contributed by atoms with Crippen molar-refractivity contribution in [3.8, 4) is 11.3 Å². The molecule has 1 saturated carbocycles. The van der Waals surface area contributed by atoms with Gasteiger partial charge in [-0.3, -0.25) is 14.2 Å². The van der Waals surface area contributed by atoms with Gasteiger partial charge in [0.25, 0.3) is 5.56 Å². The Morgan fingerprint density at radius 3 is 2.39 bits per heavy atom. The molecule has 2 aliphatic rings. The van der Waals surface area contributed by atoms with Gasteiger partial charge in [-0.15, -0.1) is 0 Å². The molecule has 1 aromatic carbocycles. The summed E-state index contributed by atoms with van der Waals surface area (Å²) in [5, 5.41) is 0.697. The molecule has 0 unspecified atom stereocenters. The van der Waals surface area contributed by atoms with E-state index in [2.05, 4.69) is 45.0 Å². The first kappa shape index (κ1) is 27.0. The molecule has 1 fully saturated rings. The summed E-state index contributed by atoms with van der Waals surface area (Å²) in [4.78, 5) is 34.6. The smallest absolute Gasteiger partial charge is 0.258 e. The minimum atomic E-state index is -0.0996. The summed E-state index contributed by atoms with van der Waals surface area (Å²) < 4.78 is 1.88. The molecule has 5 nitrogen and oxygen atoms in total. The van der Waals surface area contributed by atoms with Crippen LogP contribution < -0.4 is 5.56 Å². The van der Waals surface area contributed by atoms with Crippen molar-refractivity contribution in [1.29, 1.82) is 0 Å². The van der Waals surface area contributed by atoms with E-state index in [-0.39, 0.29) is 16.9 Å². The van der Waals surface area contributed by atoms with Gasteiger partial charge in [0, 0.05) is 30.6 Å². The van der Waals surface area contributed by atoms with Gasteiger partial charge in [0.2, 0.25) is 5.91 Å². The van der Waals surface area contributed by atoms with Gasteiger partial charge >= 0.3 is 0 Å². The van der Waals surface area contributed by atoms with E-state index in [4.69, 9.17) is 4.98 Å². The second-order valence-electron chi connectivity index (χ2n) is 10.6. The molecule has 2 aromatic rings. The number of rotatable bonds is 11. The summed E-state index contributed by atoms with van der Waals surface area (Å²) in [6.45, 7) is 8.69. The van der Waals surface area contributed by atoms with E-state index in [9.17, 15) is 9.59 Å². The molecule has 36 heavy (non-hydrogen) atoms. The number of thioether (sulfide) groups is 1. The molecule has 1 heterocycles. The van der Waals surface area contributed by atoms with Crippen LogP contribution in [0, 0.1) is 0 Å². The Balaban J connectivity index is 1.72. The maximum Gasteiger partial charge on any atom is 0.258 e. The summed E-state index contributed by atoms with van der Waals surface area (Å²) >= 11 is 1.45. The maximum absolute atomic E-state index is 14.2. The molecule has 1 spiro atoms. The SMILES string of the molecule is CCCCN(CCCC)C(=O)CSc1nc2c(c(=O)n1CCC)C1(CCCCC1)Cc1ccccc1-2. The number of hydrogen-bond donors (Lipinski definition) is 0. The summed E-state index contributed by atoms with van der Waals surface area (Å²) in [7, 11) is 0. The van der Waals surface area contributed by atoms with Crippen molar-refractivity contribution in [2.75, 3.05) is 18.8 Å². The van der Waals surface area contributed by atoms with Crippen LogP contribution >= 0.6 is 11.8 Å². The molecule has 0 N–H and O–H groups in total. The Bertz CT molecular complexity index is 1100. The third kappa shape index (κ3) is 5.58. The third-order valence-electron chi connectivity index (χ3n) is 7.96. The molecule has 6 heteroatoms. The number of amides is 1. The molecule has 2 aliphatic carbocycles. The van der Waals surface area contributed by atoms with Crippen molar-refractivity contribution in [1.82, 2.24) is 14.5 Å². The summed E-state index contributed by atoms with van der Waals surface area (Å²) in [6, 6.07) is 8.49. The van der Waals surface area contributed by atoms with Crippen LogP contribution in [-0.4, -0.2) is 39.2 Å². The minimum Gasteiger partial charge on any atom is -0.342 e. The van der Waals surface area contributed by atoms with E-state index in [1.807, 2.05) is 9.47 Å². The van der Waals surface area contributed by atoms with Gasteiger partial charge in [-0.05, 0) is 44.1 Å². The van der Waals surface area contributed by atoms with Crippen LogP contribution in [0.25, 0.3) is 11.3 Å². The second-order valence-corrected chi connectivity index (χ2v) is 11.6. The van der Waals surface area contributed by atoms with Crippen molar-refractivity contribution in [3.05, 3.63) is 45.7 Å². The lowest BCUT2D eigenvalue weighted by Gasteiger charge is -2.42. The van der Waals surface area contributed by atoms with Crippen molar-refractivity contribution in [2.24, 2.45) is 0 Å². The molecule has 0 aliphatic heterocycles. The molecule has 1 aromatic heterocycles. The predicted octanol–water partition coefficient (Wildman–Crippen LogP) is 6.60. The number of carbonyl (C=O) groups excluding carboxylic acids is 1. The van der Waals surface area contributed by atoms with E-state index in [1.165, 1.54) is 36.6 Å². The first-order valence-electron chi connectivity index (χ1n) is 14.2. The number of nitrogens with zero attached hydrogens (tertiary/aromatic N) is 3. The van der Waals surface area contributed by atoms with Crippen LogP contribution in [0.2, 0.25) is 0 Å². The van der Waals surface area contributed by atoms with Gasteiger partial charge < -0.3 is 4.90 Å². The summed E-state index contributed by atoms with van der Waals surface area (Å²) in [6.07, 6.45) is 11.7. The fourth-order valence-corrected chi connectivity index (χ4v) is 6.95. The van der Waals surface area contributed by atoms with Crippen molar-refractivity contribution < 1.29 is 4.79 Å². The number of aromatic nitrogens is 2. The zero-order valence-corrected chi connectivity index (χ0v) is 23.3. The molecule has 0 atom stereocenters. The average molecular weight is 510 g/mol. The van der Waals surface area contributed by atoms with Crippen LogP contribution in [0.1, 0.15) is 96.1 Å². The van der Waals surface area contributed by atoms with Crippen molar-refractivity contribution >= 4 is 17.7 Å². The second kappa shape index (κ2) is 12.4. The fourth-order valence-electron chi connectivity index (χ4n) is 6.03. The largest absolute Gasteiger partial charge is 0.342 e. The maximum atomic E-state index is 14.2. The number of unbranched alkanes of at least 4 members (excludes halogenated alkanes) is 2. The average Bonchev–Trinajstić information content (AvgIpc) is 2.89. The molecule has 1 amide bonds. The van der Waals surface area contributed by atoms with Gasteiger partial charge in [0.1, 0.15) is 0 Å². The van der Waals surface area contributed by atoms with E-state index in [1.54, 1.807) is 0 Å². The Kier molecular flexibility index (Phi) is 9.32. The zero-order valence-electron chi connectivity index (χ0n) is 22.5. The van der Waals surface area contributed by atoms with Gasteiger partial charge in [-0.2, -0.15) is 0 Å². The minimum absolute atomic E-state index is 0.0996. The van der Waals surface area contributed by atoms with E-state index in [0.717, 1.165) is 81.3 Å². The Labute approximate surface area is 221 Å². The molecule has 4 rings (SSSR count). The zero-order chi connectivity index (χ0) is 25.5.